The van der Waals surface area contributed by atoms with Crippen LogP contribution in [0.1, 0.15) is 114 Å². The number of imide groups is 1. The number of anilines is 3. The van der Waals surface area contributed by atoms with Gasteiger partial charge in [0, 0.05) is 34.6 Å². The van der Waals surface area contributed by atoms with Crippen LogP contribution in [-0.2, 0) is 19.1 Å². The number of hydrazine groups is 1. The molecule has 17 heteroatoms. The zero-order valence-electron chi connectivity index (χ0n) is 33.9. The summed E-state index contributed by atoms with van der Waals surface area (Å²) in [5, 5.41) is 18.3. The Kier molecular flexibility index (Phi) is 17.8. The molecular weight excluding hydrogens is 866 g/mol. The molecule has 2 aliphatic heterocycles. The number of carbonyl (C=O) groups excluding carboxylic acids is 4. The maximum atomic E-state index is 14.3. The zero-order chi connectivity index (χ0) is 44.1. The number of nitro benzene ring substituents is 1. The van der Waals surface area contributed by atoms with Gasteiger partial charge in [-0.1, -0.05) is 130 Å². The van der Waals surface area contributed by atoms with E-state index < -0.39 is 63.1 Å². The van der Waals surface area contributed by atoms with E-state index in [9.17, 15) is 29.3 Å². The van der Waals surface area contributed by atoms with Crippen LogP contribution in [0.4, 0.5) is 22.7 Å². The van der Waals surface area contributed by atoms with Crippen molar-refractivity contribution >= 4 is 98.7 Å². The van der Waals surface area contributed by atoms with Crippen molar-refractivity contribution in [2.24, 2.45) is 11.0 Å². The van der Waals surface area contributed by atoms with E-state index in [-0.39, 0.29) is 45.0 Å². The first-order valence-electron chi connectivity index (χ1n) is 20.6. The number of nitrogens with two attached hydrogens (primary N) is 1. The number of hydrazone groups is 1. The van der Waals surface area contributed by atoms with Crippen LogP contribution in [0.25, 0.3) is 0 Å². The van der Waals surface area contributed by atoms with Crippen molar-refractivity contribution in [1.82, 2.24) is 5.01 Å². The number of non-ortho nitro benzene ring substituents is 1. The van der Waals surface area contributed by atoms with Crippen molar-refractivity contribution in [2.75, 3.05) is 15.8 Å². The van der Waals surface area contributed by atoms with E-state index in [1.165, 1.54) is 69.9 Å². The van der Waals surface area contributed by atoms with Crippen LogP contribution in [0.15, 0.2) is 77.9 Å². The first-order valence-corrected chi connectivity index (χ1v) is 22.2. The average Bonchev–Trinajstić information content (AvgIpc) is 3.67. The molecule has 0 aromatic heterocycles. The molecule has 0 bridgehead atoms. The number of nitrogens with zero attached hydrogens (tertiary/aromatic N) is 5. The minimum absolute atomic E-state index is 0.0923. The van der Waals surface area contributed by atoms with Gasteiger partial charge in [-0.3, -0.25) is 24.5 Å². The molecule has 2 heterocycles. The molecule has 13 nitrogen and oxygen atoms in total. The molecule has 5 rings (SSSR count). The Hall–Kier alpha value is -4.69. The Morgan fingerprint density at radius 2 is 1.54 bits per heavy atom. The predicted octanol–water partition coefficient (Wildman–Crippen LogP) is 11.5. The number of benzene rings is 3. The molecule has 0 radical (unpaired) electrons. The summed E-state index contributed by atoms with van der Waals surface area (Å²) < 4.78 is 5.74. The second-order valence-corrected chi connectivity index (χ2v) is 17.0. The van der Waals surface area contributed by atoms with Crippen molar-refractivity contribution in [3.63, 3.8) is 0 Å². The lowest BCUT2D eigenvalue weighted by Gasteiger charge is -2.33. The number of nitro groups is 1. The summed E-state index contributed by atoms with van der Waals surface area (Å²) in [4.78, 5) is 67.1. The zero-order valence-corrected chi connectivity index (χ0v) is 37.0. The third-order valence-corrected chi connectivity index (χ3v) is 11.7. The molecule has 3 aromatic carbocycles. The first-order chi connectivity index (χ1) is 29.3. The summed E-state index contributed by atoms with van der Waals surface area (Å²) >= 11 is 26.0. The van der Waals surface area contributed by atoms with Gasteiger partial charge in [-0.25, -0.2) is 9.80 Å². The molecule has 61 heavy (non-hydrogen) atoms. The maximum absolute atomic E-state index is 14.3. The van der Waals surface area contributed by atoms with Crippen LogP contribution in [0, 0.1) is 16.0 Å². The fourth-order valence-electron chi connectivity index (χ4n) is 7.27. The quantitative estimate of drug-likeness (QED) is 0.0151. The van der Waals surface area contributed by atoms with Gasteiger partial charge in [-0.15, -0.1) is 16.7 Å². The van der Waals surface area contributed by atoms with Crippen LogP contribution in [-0.4, -0.2) is 50.9 Å². The number of alkyl halides is 1. The van der Waals surface area contributed by atoms with Gasteiger partial charge in [0.15, 0.2) is 0 Å². The highest BCUT2D eigenvalue weighted by Crippen LogP contribution is 2.40. The number of amidine groups is 1. The highest BCUT2D eigenvalue weighted by molar-refractivity contribution is 6.43. The second kappa shape index (κ2) is 23.0. The number of hydrogen-bond donors (Lipinski definition) is 1. The molecule has 3 aromatic rings. The molecule has 2 N–H and O–H groups in total. The van der Waals surface area contributed by atoms with Crippen molar-refractivity contribution in [3.05, 3.63) is 104 Å². The minimum atomic E-state index is -1.96. The second-order valence-electron chi connectivity index (χ2n) is 15.1. The fourth-order valence-corrected chi connectivity index (χ4v) is 8.59. The summed E-state index contributed by atoms with van der Waals surface area (Å²) in [6, 6.07) is 13.9. The van der Waals surface area contributed by atoms with Gasteiger partial charge in [-0.2, -0.15) is 10.0 Å². The molecule has 0 saturated carbocycles. The summed E-state index contributed by atoms with van der Waals surface area (Å²) in [6.07, 6.45) is 17.5. The molecule has 3 unspecified atom stereocenters. The normalized spacial score (nSPS) is 17.1. The van der Waals surface area contributed by atoms with Gasteiger partial charge in [0.25, 0.3) is 17.5 Å². The van der Waals surface area contributed by atoms with E-state index in [4.69, 9.17) is 56.9 Å². The number of allylic oxidation sites excluding steroid dienone is 2. The molecule has 1 fully saturated rings. The Bertz CT molecular complexity index is 2100. The number of para-hydroxylation sites is 1. The van der Waals surface area contributed by atoms with Crippen LogP contribution >= 0.6 is 46.4 Å². The minimum Gasteiger partial charge on any atom is -0.440 e. The molecule has 0 spiro atoms. The molecular formula is C44H50Cl4N6O7. The number of carbonyl (C=O) groups is 4. The molecule has 3 amide bonds. The average molecular weight is 917 g/mol. The Morgan fingerprint density at radius 1 is 0.918 bits per heavy atom. The SMILES string of the molecule is CCCCCCCCCCCCC=CCCC(Cl)CC1CC(=O)N(N(C2=NN(c3c(Cl)cc(Cl)cc3Cl)C(=O)C2OC(=O)c2cc([N+](=O)[O-])ccc2N)c2ccccc2)C1=O. The summed E-state index contributed by atoms with van der Waals surface area (Å²) in [6.45, 7) is 2.23. The van der Waals surface area contributed by atoms with Gasteiger partial charge in [0.05, 0.1) is 32.1 Å². The van der Waals surface area contributed by atoms with E-state index in [0.717, 1.165) is 46.1 Å². The smallest absolute Gasteiger partial charge is 0.341 e. The maximum Gasteiger partial charge on any atom is 0.341 e. The molecule has 2 aliphatic rings. The van der Waals surface area contributed by atoms with Crippen LogP contribution in [0.2, 0.25) is 15.1 Å². The monoisotopic (exact) mass is 914 g/mol. The van der Waals surface area contributed by atoms with Crippen molar-refractivity contribution < 1.29 is 28.8 Å². The number of halogens is 4. The molecule has 1 saturated heterocycles. The summed E-state index contributed by atoms with van der Waals surface area (Å²) in [7, 11) is 0. The fraction of sp³-hybridized carbons (Fsp3) is 0.432. The number of nitrogen functional groups attached to an aromatic ring is 1. The number of hydrogen-bond acceptors (Lipinski definition) is 10. The third kappa shape index (κ3) is 12.5. The molecule has 3 atom stereocenters. The molecule has 0 aliphatic carbocycles. The van der Waals surface area contributed by atoms with Crippen molar-refractivity contribution in [3.8, 4) is 0 Å². The number of rotatable bonds is 22. The van der Waals surface area contributed by atoms with Gasteiger partial charge < -0.3 is 10.5 Å². The number of unbranched alkanes of at least 4 members (excludes halogenated alkanes) is 10. The van der Waals surface area contributed by atoms with Gasteiger partial charge in [0.1, 0.15) is 5.69 Å². The first kappa shape index (κ1) is 47.4. The summed E-state index contributed by atoms with van der Waals surface area (Å²) in [5.74, 6) is -4.67. The van der Waals surface area contributed by atoms with Crippen LogP contribution in [0.5, 0.6) is 0 Å². The van der Waals surface area contributed by atoms with Gasteiger partial charge in [-0.05, 0) is 62.4 Å². The van der Waals surface area contributed by atoms with E-state index in [1.807, 2.05) is 0 Å². The topological polar surface area (TPSA) is 169 Å². The standard InChI is InChI=1S/C44H50Cl4N6O7/c1-2-3-4-5-6-7-8-9-10-11-12-13-14-16-19-30(45)24-29-25-38(55)53(42(29)56)52(32-20-17-15-18-21-32)41-40(61-44(58)34-28-33(54(59)60)22-23-37(34)49)43(57)51(50-41)39-35(47)26-31(46)27-36(39)48/h13-15,17-18,20-23,26-30,40H,2-12,16,19,24-25,49H2,1H3. The Balaban J connectivity index is 1.33. The lowest BCUT2D eigenvalue weighted by atomic mass is 9.99. The lowest BCUT2D eigenvalue weighted by molar-refractivity contribution is -0.384. The largest absolute Gasteiger partial charge is 0.440 e. The highest BCUT2D eigenvalue weighted by Gasteiger charge is 2.51. The van der Waals surface area contributed by atoms with Crippen molar-refractivity contribution in [2.45, 2.75) is 115 Å². The predicted molar refractivity (Wildman–Crippen MR) is 241 cm³/mol. The van der Waals surface area contributed by atoms with E-state index >= 15 is 0 Å². The highest BCUT2D eigenvalue weighted by atomic mass is 35.5. The van der Waals surface area contributed by atoms with Gasteiger partial charge >= 0.3 is 5.97 Å². The van der Waals surface area contributed by atoms with E-state index in [2.05, 4.69) is 24.2 Å². The van der Waals surface area contributed by atoms with Crippen LogP contribution in [0.3, 0.4) is 0 Å². The molecule has 326 valence electrons. The summed E-state index contributed by atoms with van der Waals surface area (Å²) in [5.41, 5.74) is 5.05. The Labute approximate surface area is 375 Å². The van der Waals surface area contributed by atoms with E-state index in [1.54, 1.807) is 30.3 Å². The number of esters is 1. The number of ether oxygens (including phenoxy) is 1. The Morgan fingerprint density at radius 3 is 2.18 bits per heavy atom. The van der Waals surface area contributed by atoms with E-state index in [0.29, 0.717) is 12.8 Å². The lowest BCUT2D eigenvalue weighted by Crippen LogP contribution is -2.54. The van der Waals surface area contributed by atoms with Crippen molar-refractivity contribution in [1.29, 1.82) is 0 Å². The number of amides is 3. The van der Waals surface area contributed by atoms with Gasteiger partial charge in [0.2, 0.25) is 17.8 Å². The third-order valence-electron chi connectivity index (χ3n) is 10.5. The van der Waals surface area contributed by atoms with Crippen LogP contribution < -0.4 is 15.8 Å².